The highest BCUT2D eigenvalue weighted by atomic mass is 32.2. The molecule has 1 aromatic rings. The maximum absolute atomic E-state index is 13.4. The lowest BCUT2D eigenvalue weighted by atomic mass is 10.1. The summed E-state index contributed by atoms with van der Waals surface area (Å²) < 4.78 is 17.9. The first-order chi connectivity index (χ1) is 7.56. The van der Waals surface area contributed by atoms with Gasteiger partial charge in [0.1, 0.15) is 5.82 Å². The standard InChI is InChI=1S/C11H13FO3S/c1-7(13)11-8(12)4-3-5-9(11)16-6-10(14)15-2/h3-5,7,13H,6H2,1-2H3. The van der Waals surface area contributed by atoms with Crippen LogP contribution in [0.2, 0.25) is 0 Å². The quantitative estimate of drug-likeness (QED) is 0.651. The van der Waals surface area contributed by atoms with Crippen molar-refractivity contribution in [2.45, 2.75) is 17.9 Å². The third-order valence-electron chi connectivity index (χ3n) is 2.00. The molecule has 5 heteroatoms. The van der Waals surface area contributed by atoms with Crippen LogP contribution in [0.4, 0.5) is 4.39 Å². The molecule has 16 heavy (non-hydrogen) atoms. The van der Waals surface area contributed by atoms with Crippen LogP contribution in [-0.2, 0) is 9.53 Å². The highest BCUT2D eigenvalue weighted by Crippen LogP contribution is 2.29. The fourth-order valence-electron chi connectivity index (χ4n) is 1.24. The van der Waals surface area contributed by atoms with Crippen molar-refractivity contribution in [2.75, 3.05) is 12.9 Å². The van der Waals surface area contributed by atoms with Gasteiger partial charge in [-0.25, -0.2) is 4.39 Å². The monoisotopic (exact) mass is 244 g/mol. The van der Waals surface area contributed by atoms with Crippen molar-refractivity contribution in [2.24, 2.45) is 0 Å². The molecule has 0 heterocycles. The zero-order valence-electron chi connectivity index (χ0n) is 9.07. The minimum Gasteiger partial charge on any atom is -0.468 e. The third kappa shape index (κ3) is 3.21. The molecule has 0 aliphatic heterocycles. The van der Waals surface area contributed by atoms with E-state index in [4.69, 9.17) is 0 Å². The number of thioether (sulfide) groups is 1. The Labute approximate surface area is 97.6 Å². The zero-order chi connectivity index (χ0) is 12.1. The molecule has 1 N–H and O–H groups in total. The van der Waals surface area contributed by atoms with Gasteiger partial charge in [-0.05, 0) is 19.1 Å². The summed E-state index contributed by atoms with van der Waals surface area (Å²) in [6.45, 7) is 1.49. The Morgan fingerprint density at radius 3 is 2.88 bits per heavy atom. The van der Waals surface area contributed by atoms with Crippen molar-refractivity contribution in [1.82, 2.24) is 0 Å². The lowest BCUT2D eigenvalue weighted by Gasteiger charge is -2.11. The average Bonchev–Trinajstić information content (AvgIpc) is 2.25. The van der Waals surface area contributed by atoms with Crippen LogP contribution in [0.25, 0.3) is 0 Å². The highest BCUT2D eigenvalue weighted by Gasteiger charge is 2.14. The molecule has 1 unspecified atom stereocenters. The minimum atomic E-state index is -0.902. The molecule has 0 aromatic heterocycles. The maximum atomic E-state index is 13.4. The summed E-state index contributed by atoms with van der Waals surface area (Å²) in [6, 6.07) is 4.49. The van der Waals surface area contributed by atoms with E-state index in [0.29, 0.717) is 4.90 Å². The van der Waals surface area contributed by atoms with Crippen LogP contribution in [0.15, 0.2) is 23.1 Å². The van der Waals surface area contributed by atoms with Crippen molar-refractivity contribution in [3.05, 3.63) is 29.6 Å². The summed E-state index contributed by atoms with van der Waals surface area (Å²) in [4.78, 5) is 11.5. The van der Waals surface area contributed by atoms with Gasteiger partial charge in [-0.3, -0.25) is 4.79 Å². The number of carbonyl (C=O) groups is 1. The number of ether oxygens (including phenoxy) is 1. The van der Waals surface area contributed by atoms with Crippen LogP contribution in [-0.4, -0.2) is 23.9 Å². The molecule has 88 valence electrons. The van der Waals surface area contributed by atoms with E-state index in [1.54, 1.807) is 12.1 Å². The largest absolute Gasteiger partial charge is 0.468 e. The fraction of sp³-hybridized carbons (Fsp3) is 0.364. The first-order valence-electron chi connectivity index (χ1n) is 4.72. The molecule has 1 aromatic carbocycles. The van der Waals surface area contributed by atoms with Crippen LogP contribution in [0.5, 0.6) is 0 Å². The van der Waals surface area contributed by atoms with Gasteiger partial charge in [0.2, 0.25) is 0 Å². The maximum Gasteiger partial charge on any atom is 0.315 e. The van der Waals surface area contributed by atoms with E-state index in [0.717, 1.165) is 11.8 Å². The number of methoxy groups -OCH3 is 1. The van der Waals surface area contributed by atoms with Gasteiger partial charge in [-0.15, -0.1) is 11.8 Å². The highest BCUT2D eigenvalue weighted by molar-refractivity contribution is 8.00. The Kier molecular flexibility index (Phi) is 4.76. The summed E-state index contributed by atoms with van der Waals surface area (Å²) in [6.07, 6.45) is -0.902. The SMILES string of the molecule is COC(=O)CSc1cccc(F)c1C(C)O. The van der Waals surface area contributed by atoms with Crippen LogP contribution >= 0.6 is 11.8 Å². The first-order valence-corrected chi connectivity index (χ1v) is 5.71. The van der Waals surface area contributed by atoms with Gasteiger partial charge in [-0.1, -0.05) is 6.07 Å². The number of esters is 1. The topological polar surface area (TPSA) is 46.5 Å². The minimum absolute atomic E-state index is 0.0969. The van der Waals surface area contributed by atoms with Crippen molar-refractivity contribution in [3.63, 3.8) is 0 Å². The van der Waals surface area contributed by atoms with E-state index in [1.807, 2.05) is 0 Å². The second-order valence-corrected chi connectivity index (χ2v) is 4.21. The van der Waals surface area contributed by atoms with Gasteiger partial charge in [0.15, 0.2) is 0 Å². The van der Waals surface area contributed by atoms with Crippen molar-refractivity contribution in [1.29, 1.82) is 0 Å². The van der Waals surface area contributed by atoms with Crippen molar-refractivity contribution >= 4 is 17.7 Å². The Morgan fingerprint density at radius 1 is 1.62 bits per heavy atom. The molecule has 0 bridgehead atoms. The molecule has 0 spiro atoms. The Morgan fingerprint density at radius 2 is 2.31 bits per heavy atom. The molecule has 1 atom stereocenters. The number of aliphatic hydroxyl groups is 1. The van der Waals surface area contributed by atoms with Gasteiger partial charge < -0.3 is 9.84 Å². The molecular weight excluding hydrogens is 231 g/mol. The van der Waals surface area contributed by atoms with Crippen molar-refractivity contribution in [3.8, 4) is 0 Å². The van der Waals surface area contributed by atoms with Crippen LogP contribution in [0, 0.1) is 5.82 Å². The van der Waals surface area contributed by atoms with Gasteiger partial charge in [0, 0.05) is 10.5 Å². The Hall–Kier alpha value is -1.07. The lowest BCUT2D eigenvalue weighted by Crippen LogP contribution is -2.05. The molecule has 0 amide bonds. The second-order valence-electron chi connectivity index (χ2n) is 3.19. The van der Waals surface area contributed by atoms with Crippen LogP contribution in [0.1, 0.15) is 18.6 Å². The summed E-state index contributed by atoms with van der Waals surface area (Å²) in [7, 11) is 1.30. The summed E-state index contributed by atoms with van der Waals surface area (Å²) in [5, 5.41) is 9.44. The Bertz CT molecular complexity index is 379. The van der Waals surface area contributed by atoms with Crippen LogP contribution in [0.3, 0.4) is 0 Å². The third-order valence-corrected chi connectivity index (χ3v) is 3.05. The van der Waals surface area contributed by atoms with E-state index in [2.05, 4.69) is 4.74 Å². The summed E-state index contributed by atoms with van der Waals surface area (Å²) in [5.41, 5.74) is 0.219. The number of carbonyl (C=O) groups excluding carboxylic acids is 1. The van der Waals surface area contributed by atoms with E-state index in [1.165, 1.54) is 20.1 Å². The number of hydrogen-bond acceptors (Lipinski definition) is 4. The molecule has 0 aliphatic rings. The van der Waals surface area contributed by atoms with Gasteiger partial charge >= 0.3 is 5.97 Å². The molecule has 0 aliphatic carbocycles. The molecule has 3 nitrogen and oxygen atoms in total. The van der Waals surface area contributed by atoms with Crippen molar-refractivity contribution < 1.29 is 19.0 Å². The predicted octanol–water partition coefficient (Wildman–Crippen LogP) is 2.14. The van der Waals surface area contributed by atoms with E-state index < -0.39 is 11.9 Å². The molecule has 0 radical (unpaired) electrons. The fourth-order valence-corrected chi connectivity index (χ4v) is 2.23. The molecule has 0 fully saturated rings. The van der Waals surface area contributed by atoms with Gasteiger partial charge in [-0.2, -0.15) is 0 Å². The summed E-state index contributed by atoms with van der Waals surface area (Å²) >= 11 is 1.15. The van der Waals surface area contributed by atoms with Gasteiger partial charge in [0.25, 0.3) is 0 Å². The molecular formula is C11H13FO3S. The number of aliphatic hydroxyl groups excluding tert-OH is 1. The molecule has 0 saturated heterocycles. The smallest absolute Gasteiger partial charge is 0.315 e. The molecule has 1 rings (SSSR count). The van der Waals surface area contributed by atoms with E-state index in [9.17, 15) is 14.3 Å². The lowest BCUT2D eigenvalue weighted by molar-refractivity contribution is -0.137. The first kappa shape index (κ1) is 13.0. The van der Waals surface area contributed by atoms with E-state index in [-0.39, 0.29) is 17.3 Å². The zero-order valence-corrected chi connectivity index (χ0v) is 9.88. The number of halogens is 1. The Balaban J connectivity index is 2.87. The number of hydrogen-bond donors (Lipinski definition) is 1. The van der Waals surface area contributed by atoms with E-state index >= 15 is 0 Å². The van der Waals surface area contributed by atoms with Crippen LogP contribution < -0.4 is 0 Å². The normalized spacial score (nSPS) is 12.2. The predicted molar refractivity (Wildman–Crippen MR) is 59.8 cm³/mol. The number of benzene rings is 1. The summed E-state index contributed by atoms with van der Waals surface area (Å²) in [5.74, 6) is -0.754. The number of rotatable bonds is 4. The second kappa shape index (κ2) is 5.86. The van der Waals surface area contributed by atoms with Gasteiger partial charge in [0.05, 0.1) is 19.0 Å². The molecule has 0 saturated carbocycles. The average molecular weight is 244 g/mol.